The van der Waals surface area contributed by atoms with Crippen LogP contribution >= 0.6 is 0 Å². The van der Waals surface area contributed by atoms with Gasteiger partial charge in [-0.1, -0.05) is 222 Å². The lowest BCUT2D eigenvalue weighted by molar-refractivity contribution is 0.733. The third kappa shape index (κ3) is 8.13. The van der Waals surface area contributed by atoms with Crippen molar-refractivity contribution in [3.8, 4) is 22.3 Å². The van der Waals surface area contributed by atoms with E-state index in [1.54, 1.807) is 0 Å². The Morgan fingerprint density at radius 1 is 0.276 bits per heavy atom. The minimum Gasteiger partial charge on any atom is -0.310 e. The second-order valence-corrected chi connectivity index (χ2v) is 20.7. The summed E-state index contributed by atoms with van der Waals surface area (Å²) in [6.45, 7) is 9.19. The largest absolute Gasteiger partial charge is 0.310 e. The average Bonchev–Trinajstić information content (AvgIpc) is 3.55. The molecule has 0 aliphatic carbocycles. The van der Waals surface area contributed by atoms with E-state index in [0.29, 0.717) is 11.8 Å². The molecule has 2 unspecified atom stereocenters. The summed E-state index contributed by atoms with van der Waals surface area (Å²) in [6.07, 6.45) is 2.18. The van der Waals surface area contributed by atoms with Gasteiger partial charge in [-0.25, -0.2) is 0 Å². The van der Waals surface area contributed by atoms with E-state index in [1.807, 2.05) is 0 Å². The molecule has 0 heterocycles. The van der Waals surface area contributed by atoms with Crippen LogP contribution in [0, 0.1) is 0 Å². The van der Waals surface area contributed by atoms with Crippen LogP contribution in [0.1, 0.15) is 63.5 Å². The van der Waals surface area contributed by atoms with Gasteiger partial charge in [-0.15, -0.1) is 0 Å². The maximum atomic E-state index is 2.50. The fourth-order valence-corrected chi connectivity index (χ4v) is 12.0. The quantitative estimate of drug-likeness (QED) is 0.0889. The Morgan fingerprint density at radius 2 is 0.605 bits per heavy atom. The Balaban J connectivity index is 1.11. The van der Waals surface area contributed by atoms with Gasteiger partial charge in [0, 0.05) is 33.5 Å². The lowest BCUT2D eigenvalue weighted by atomic mass is 9.85. The number of fused-ring (bicyclic) bond motifs is 8. The predicted molar refractivity (Wildman–Crippen MR) is 329 cm³/mol. The van der Waals surface area contributed by atoms with Crippen LogP contribution in [0.3, 0.4) is 0 Å². The Hall–Kier alpha value is -8.98. The zero-order valence-corrected chi connectivity index (χ0v) is 43.7. The van der Waals surface area contributed by atoms with Crippen molar-refractivity contribution in [3.05, 3.63) is 266 Å². The van der Waals surface area contributed by atoms with E-state index in [-0.39, 0.29) is 0 Å². The Labute approximate surface area is 446 Å². The highest BCUT2D eigenvalue weighted by atomic mass is 15.1. The van der Waals surface area contributed by atoms with Crippen LogP contribution in [-0.2, 0) is 0 Å². The molecule has 0 aliphatic heterocycles. The van der Waals surface area contributed by atoms with Crippen molar-refractivity contribution >= 4 is 98.8 Å². The first-order chi connectivity index (χ1) is 37.4. The molecule has 13 aromatic rings. The highest BCUT2D eigenvalue weighted by molar-refractivity contribution is 6.23. The van der Waals surface area contributed by atoms with Crippen molar-refractivity contribution < 1.29 is 0 Å². The van der Waals surface area contributed by atoms with Crippen molar-refractivity contribution in [2.45, 2.75) is 52.4 Å². The third-order valence-electron chi connectivity index (χ3n) is 16.4. The van der Waals surface area contributed by atoms with Crippen molar-refractivity contribution in [3.63, 3.8) is 0 Å². The van der Waals surface area contributed by atoms with E-state index < -0.39 is 0 Å². The van der Waals surface area contributed by atoms with E-state index >= 15 is 0 Å². The van der Waals surface area contributed by atoms with Crippen molar-refractivity contribution in [1.82, 2.24) is 0 Å². The van der Waals surface area contributed by atoms with Gasteiger partial charge in [0.15, 0.2) is 0 Å². The number of rotatable bonds is 12. The highest BCUT2D eigenvalue weighted by Crippen LogP contribution is 2.50. The molecular weight excluding hydrogens is 917 g/mol. The summed E-state index contributed by atoms with van der Waals surface area (Å²) in [5, 5.41) is 14.7. The van der Waals surface area contributed by atoms with Crippen molar-refractivity contribution in [1.29, 1.82) is 0 Å². The molecule has 0 fully saturated rings. The maximum absolute atomic E-state index is 2.50. The van der Waals surface area contributed by atoms with E-state index in [0.717, 1.165) is 47.0 Å². The third-order valence-corrected chi connectivity index (χ3v) is 16.4. The predicted octanol–water partition coefficient (Wildman–Crippen LogP) is 21.9. The summed E-state index contributed by atoms with van der Waals surface area (Å²) >= 11 is 0. The van der Waals surface area contributed by atoms with Gasteiger partial charge in [0.2, 0.25) is 0 Å². The molecule has 0 saturated heterocycles. The Morgan fingerprint density at radius 3 is 0.987 bits per heavy atom. The van der Waals surface area contributed by atoms with E-state index in [4.69, 9.17) is 0 Å². The smallest absolute Gasteiger partial charge is 0.0546 e. The zero-order valence-electron chi connectivity index (χ0n) is 43.7. The van der Waals surface area contributed by atoms with Crippen LogP contribution in [0.2, 0.25) is 0 Å². The molecule has 0 saturated carbocycles. The number of anilines is 6. The maximum Gasteiger partial charge on any atom is 0.0546 e. The van der Waals surface area contributed by atoms with Gasteiger partial charge >= 0.3 is 0 Å². The summed E-state index contributed by atoms with van der Waals surface area (Å²) < 4.78 is 0. The molecule has 0 spiro atoms. The van der Waals surface area contributed by atoms with Crippen LogP contribution in [-0.4, -0.2) is 0 Å². The van der Waals surface area contributed by atoms with Gasteiger partial charge in [-0.05, 0) is 173 Å². The van der Waals surface area contributed by atoms with Gasteiger partial charge in [0.25, 0.3) is 0 Å². The minimum atomic E-state index is 0.470. The second-order valence-electron chi connectivity index (χ2n) is 20.7. The second kappa shape index (κ2) is 19.7. The van der Waals surface area contributed by atoms with Gasteiger partial charge in [-0.3, -0.25) is 0 Å². The van der Waals surface area contributed by atoms with Gasteiger partial charge < -0.3 is 9.80 Å². The summed E-state index contributed by atoms with van der Waals surface area (Å²) in [7, 11) is 0. The Kier molecular flexibility index (Phi) is 12.1. The SMILES string of the molecule is CCC(C)c1ccc(N(c2ccc3c(-c4ccccc4)c4cc(N(c5ccc(C(C)CC)cc5)c5cc6ccccc6c6ccccc56)ccc4c(-c4ccccc4)c3c2)c2cc3ccccc3c3ccccc23)cc1. The molecule has 0 N–H and O–H groups in total. The topological polar surface area (TPSA) is 6.48 Å². The fourth-order valence-electron chi connectivity index (χ4n) is 12.0. The van der Waals surface area contributed by atoms with E-state index in [1.165, 1.54) is 98.0 Å². The molecule has 2 heteroatoms. The Bertz CT molecular complexity index is 3990. The lowest BCUT2D eigenvalue weighted by Gasteiger charge is -2.30. The molecule has 13 aromatic carbocycles. The number of hydrogen-bond donors (Lipinski definition) is 0. The van der Waals surface area contributed by atoms with Crippen LogP contribution in [0.4, 0.5) is 34.1 Å². The van der Waals surface area contributed by atoms with Crippen LogP contribution < -0.4 is 9.80 Å². The molecule has 2 nitrogen and oxygen atoms in total. The number of nitrogens with zero attached hydrogens (tertiary/aromatic N) is 2. The molecule has 366 valence electrons. The van der Waals surface area contributed by atoms with Crippen LogP contribution in [0.25, 0.3) is 86.9 Å². The van der Waals surface area contributed by atoms with E-state index in [2.05, 4.69) is 292 Å². The van der Waals surface area contributed by atoms with Crippen LogP contribution in [0.15, 0.2) is 255 Å². The average molecular weight is 977 g/mol. The van der Waals surface area contributed by atoms with Gasteiger partial charge in [-0.2, -0.15) is 0 Å². The monoisotopic (exact) mass is 976 g/mol. The van der Waals surface area contributed by atoms with Gasteiger partial charge in [0.05, 0.1) is 11.4 Å². The normalized spacial score (nSPS) is 12.5. The number of hydrogen-bond acceptors (Lipinski definition) is 2. The van der Waals surface area contributed by atoms with Crippen LogP contribution in [0.5, 0.6) is 0 Å². The summed E-state index contributed by atoms with van der Waals surface area (Å²) in [5.41, 5.74) is 14.3. The fraction of sp³-hybridized carbons (Fsp3) is 0.108. The molecule has 0 amide bonds. The molecule has 0 aromatic heterocycles. The van der Waals surface area contributed by atoms with Crippen molar-refractivity contribution in [2.24, 2.45) is 0 Å². The summed E-state index contributed by atoms with van der Waals surface area (Å²) in [4.78, 5) is 4.99. The summed E-state index contributed by atoms with van der Waals surface area (Å²) in [5.74, 6) is 0.940. The molecule has 0 bridgehead atoms. The molecule has 0 aliphatic rings. The summed E-state index contributed by atoms with van der Waals surface area (Å²) in [6, 6.07) is 95.4. The highest BCUT2D eigenvalue weighted by Gasteiger charge is 2.25. The first-order valence-electron chi connectivity index (χ1n) is 27.2. The van der Waals surface area contributed by atoms with Gasteiger partial charge in [0.1, 0.15) is 0 Å². The molecule has 0 radical (unpaired) electrons. The molecule has 13 rings (SSSR count). The lowest BCUT2D eigenvalue weighted by Crippen LogP contribution is -2.11. The standard InChI is InChI=1S/C74H60N2/c1-5-49(3)51-33-37-57(38-34-51)75(71-45-55-25-13-15-27-61(55)63-29-17-19-31-65(63)71)59-41-43-67-69(47-59)73(53-21-9-7-10-22-53)68-44-42-60(48-70(68)74(67)54-23-11-8-12-24-54)76(58-39-35-52(36-40-58)50(4)6-2)72-46-56-26-14-16-28-62(56)64-30-18-20-32-66(64)72/h7-50H,5-6H2,1-4H3. The first-order valence-corrected chi connectivity index (χ1v) is 27.2. The van der Waals surface area contributed by atoms with E-state index in [9.17, 15) is 0 Å². The zero-order chi connectivity index (χ0) is 51.3. The van der Waals surface area contributed by atoms with Crippen molar-refractivity contribution in [2.75, 3.05) is 9.80 Å². The molecule has 2 atom stereocenters. The molecular formula is C74H60N2. The minimum absolute atomic E-state index is 0.470. The first kappa shape index (κ1) is 46.8. The molecule has 76 heavy (non-hydrogen) atoms. The number of benzene rings is 13.